The molecule has 2 rings (SSSR count). The van der Waals surface area contributed by atoms with Crippen molar-refractivity contribution in [3.63, 3.8) is 0 Å². The minimum atomic E-state index is -3.70. The van der Waals surface area contributed by atoms with E-state index >= 15 is 0 Å². The summed E-state index contributed by atoms with van der Waals surface area (Å²) in [5.74, 6) is -2.57. The Balaban J connectivity index is 2.37. The van der Waals surface area contributed by atoms with Crippen LogP contribution in [0.3, 0.4) is 0 Å². The summed E-state index contributed by atoms with van der Waals surface area (Å²) in [5.41, 5.74) is 0.522. The van der Waals surface area contributed by atoms with E-state index in [4.69, 9.17) is 0 Å². The Labute approximate surface area is 151 Å². The van der Waals surface area contributed by atoms with E-state index in [1.165, 1.54) is 16.4 Å². The molecular formula is C18H20F2N2O3S. The van der Waals surface area contributed by atoms with E-state index in [1.54, 1.807) is 26.8 Å². The fourth-order valence-corrected chi connectivity index (χ4v) is 3.96. The molecule has 0 atom stereocenters. The number of rotatable bonds is 6. The van der Waals surface area contributed by atoms with Crippen LogP contribution in [0.4, 0.5) is 14.5 Å². The van der Waals surface area contributed by atoms with Gasteiger partial charge in [0.15, 0.2) is 0 Å². The predicted molar refractivity (Wildman–Crippen MR) is 95.6 cm³/mol. The van der Waals surface area contributed by atoms with E-state index in [2.05, 4.69) is 5.32 Å². The van der Waals surface area contributed by atoms with Gasteiger partial charge in [0.05, 0.1) is 10.5 Å². The molecule has 0 aromatic heterocycles. The molecule has 1 N–H and O–H groups in total. The molecule has 0 aliphatic carbocycles. The van der Waals surface area contributed by atoms with Crippen LogP contribution in [0.25, 0.3) is 0 Å². The standard InChI is InChI=1S/C18H20F2N2O3S/c1-4-22(5-2)26(24,25)14-8-6-12(3)17(11-14)21-18(23)15-9-7-13(19)10-16(15)20/h6-11H,4-5H2,1-3H3,(H,21,23). The Morgan fingerprint density at radius 1 is 1.08 bits per heavy atom. The molecular weight excluding hydrogens is 362 g/mol. The van der Waals surface area contributed by atoms with E-state index in [9.17, 15) is 22.0 Å². The number of sulfonamides is 1. The summed E-state index contributed by atoms with van der Waals surface area (Å²) in [7, 11) is -3.70. The van der Waals surface area contributed by atoms with Crippen molar-refractivity contribution in [3.05, 3.63) is 59.2 Å². The molecule has 2 aromatic carbocycles. The number of hydrogen-bond donors (Lipinski definition) is 1. The van der Waals surface area contributed by atoms with Crippen LogP contribution >= 0.6 is 0 Å². The highest BCUT2D eigenvalue weighted by Gasteiger charge is 2.23. The van der Waals surface area contributed by atoms with Gasteiger partial charge in [0.25, 0.3) is 5.91 Å². The predicted octanol–water partition coefficient (Wildman–Crippen LogP) is 3.56. The highest BCUT2D eigenvalue weighted by atomic mass is 32.2. The highest BCUT2D eigenvalue weighted by molar-refractivity contribution is 7.89. The molecule has 0 fully saturated rings. The lowest BCUT2D eigenvalue weighted by Gasteiger charge is -2.19. The van der Waals surface area contributed by atoms with Crippen LogP contribution in [-0.2, 0) is 10.0 Å². The number of nitrogens with one attached hydrogen (secondary N) is 1. The van der Waals surface area contributed by atoms with Gasteiger partial charge in [0, 0.05) is 24.8 Å². The van der Waals surface area contributed by atoms with Crippen LogP contribution in [0.15, 0.2) is 41.3 Å². The van der Waals surface area contributed by atoms with Gasteiger partial charge >= 0.3 is 0 Å². The second kappa shape index (κ2) is 7.92. The number of amides is 1. The smallest absolute Gasteiger partial charge is 0.258 e. The lowest BCUT2D eigenvalue weighted by molar-refractivity contribution is 0.102. The number of aryl methyl sites for hydroxylation is 1. The van der Waals surface area contributed by atoms with Crippen molar-refractivity contribution in [2.45, 2.75) is 25.7 Å². The van der Waals surface area contributed by atoms with Crippen molar-refractivity contribution in [2.75, 3.05) is 18.4 Å². The first-order chi connectivity index (χ1) is 12.2. The number of nitrogens with zero attached hydrogens (tertiary/aromatic N) is 1. The molecule has 140 valence electrons. The zero-order chi connectivity index (χ0) is 19.5. The zero-order valence-electron chi connectivity index (χ0n) is 14.7. The van der Waals surface area contributed by atoms with Crippen molar-refractivity contribution < 1.29 is 22.0 Å². The summed E-state index contributed by atoms with van der Waals surface area (Å²) in [6, 6.07) is 6.98. The number of halogens is 2. The Bertz CT molecular complexity index is 926. The minimum Gasteiger partial charge on any atom is -0.322 e. The molecule has 8 heteroatoms. The van der Waals surface area contributed by atoms with Gasteiger partial charge in [-0.3, -0.25) is 4.79 Å². The van der Waals surface area contributed by atoms with Gasteiger partial charge in [-0.2, -0.15) is 4.31 Å². The maximum Gasteiger partial charge on any atom is 0.258 e. The van der Waals surface area contributed by atoms with Gasteiger partial charge in [-0.15, -0.1) is 0 Å². The summed E-state index contributed by atoms with van der Waals surface area (Å²) in [5, 5.41) is 2.49. The molecule has 5 nitrogen and oxygen atoms in total. The van der Waals surface area contributed by atoms with Gasteiger partial charge in [-0.25, -0.2) is 17.2 Å². The van der Waals surface area contributed by atoms with E-state index in [0.717, 1.165) is 12.1 Å². The average molecular weight is 382 g/mol. The Morgan fingerprint density at radius 3 is 2.31 bits per heavy atom. The van der Waals surface area contributed by atoms with E-state index in [1.807, 2.05) is 0 Å². The van der Waals surface area contributed by atoms with Crippen molar-refractivity contribution in [3.8, 4) is 0 Å². The summed E-state index contributed by atoms with van der Waals surface area (Å²) in [6.07, 6.45) is 0. The third-order valence-corrected chi connectivity index (χ3v) is 6.02. The normalized spacial score (nSPS) is 11.6. The van der Waals surface area contributed by atoms with Crippen molar-refractivity contribution in [1.29, 1.82) is 0 Å². The molecule has 26 heavy (non-hydrogen) atoms. The first-order valence-corrected chi connectivity index (χ1v) is 9.51. The third-order valence-electron chi connectivity index (χ3n) is 3.98. The summed E-state index contributed by atoms with van der Waals surface area (Å²) in [6.45, 7) is 5.78. The third kappa shape index (κ3) is 4.08. The summed E-state index contributed by atoms with van der Waals surface area (Å²) in [4.78, 5) is 12.3. The first-order valence-electron chi connectivity index (χ1n) is 8.07. The van der Waals surface area contributed by atoms with E-state index in [-0.39, 0.29) is 16.1 Å². The van der Waals surface area contributed by atoms with Crippen LogP contribution in [0.1, 0.15) is 29.8 Å². The topological polar surface area (TPSA) is 66.5 Å². The Kier molecular flexibility index (Phi) is 6.09. The molecule has 0 spiro atoms. The second-order valence-corrected chi connectivity index (χ2v) is 7.58. The molecule has 0 saturated heterocycles. The lowest BCUT2D eigenvalue weighted by atomic mass is 10.1. The molecule has 1 amide bonds. The van der Waals surface area contributed by atoms with Crippen LogP contribution in [0.2, 0.25) is 0 Å². The molecule has 0 aliphatic heterocycles. The van der Waals surface area contributed by atoms with Crippen LogP contribution < -0.4 is 5.32 Å². The zero-order valence-corrected chi connectivity index (χ0v) is 15.5. The van der Waals surface area contributed by atoms with Gasteiger partial charge < -0.3 is 5.32 Å². The molecule has 2 aromatic rings. The monoisotopic (exact) mass is 382 g/mol. The number of carbonyl (C=O) groups excluding carboxylic acids is 1. The fourth-order valence-electron chi connectivity index (χ4n) is 2.47. The summed E-state index contributed by atoms with van der Waals surface area (Å²) >= 11 is 0. The number of hydrogen-bond acceptors (Lipinski definition) is 3. The van der Waals surface area contributed by atoms with E-state index < -0.39 is 27.6 Å². The summed E-state index contributed by atoms with van der Waals surface area (Å²) < 4.78 is 53.3. The number of benzene rings is 2. The van der Waals surface area contributed by atoms with Crippen molar-refractivity contribution in [2.24, 2.45) is 0 Å². The SMILES string of the molecule is CCN(CC)S(=O)(=O)c1ccc(C)c(NC(=O)c2ccc(F)cc2F)c1. The lowest BCUT2D eigenvalue weighted by Crippen LogP contribution is -2.30. The van der Waals surface area contributed by atoms with E-state index in [0.29, 0.717) is 24.7 Å². The van der Waals surface area contributed by atoms with Crippen LogP contribution in [0, 0.1) is 18.6 Å². The molecule has 0 unspecified atom stereocenters. The minimum absolute atomic E-state index is 0.0293. The number of anilines is 1. The quantitative estimate of drug-likeness (QED) is 0.831. The molecule has 0 aliphatic rings. The van der Waals surface area contributed by atoms with Gasteiger partial charge in [0.1, 0.15) is 11.6 Å². The molecule has 0 bridgehead atoms. The molecule has 0 heterocycles. The maximum atomic E-state index is 13.8. The first kappa shape index (κ1) is 20.0. The van der Waals surface area contributed by atoms with Crippen molar-refractivity contribution >= 4 is 21.6 Å². The van der Waals surface area contributed by atoms with Crippen LogP contribution in [-0.4, -0.2) is 31.7 Å². The Hall–Kier alpha value is -2.32. The maximum absolute atomic E-state index is 13.8. The number of carbonyl (C=O) groups is 1. The fraction of sp³-hybridized carbons (Fsp3) is 0.278. The van der Waals surface area contributed by atoms with Gasteiger partial charge in [0.2, 0.25) is 10.0 Å². The van der Waals surface area contributed by atoms with Crippen LogP contribution in [0.5, 0.6) is 0 Å². The molecule has 0 radical (unpaired) electrons. The van der Waals surface area contributed by atoms with Gasteiger partial charge in [-0.05, 0) is 36.8 Å². The average Bonchev–Trinajstić information content (AvgIpc) is 2.57. The van der Waals surface area contributed by atoms with Crippen molar-refractivity contribution in [1.82, 2.24) is 4.31 Å². The Morgan fingerprint density at radius 2 is 1.73 bits per heavy atom. The van der Waals surface area contributed by atoms with Gasteiger partial charge in [-0.1, -0.05) is 19.9 Å². The molecule has 0 saturated carbocycles. The second-order valence-electron chi connectivity index (χ2n) is 5.64. The largest absolute Gasteiger partial charge is 0.322 e. The highest BCUT2D eigenvalue weighted by Crippen LogP contribution is 2.24.